The summed E-state index contributed by atoms with van der Waals surface area (Å²) in [5.41, 5.74) is 2.24. The van der Waals surface area contributed by atoms with Crippen molar-refractivity contribution in [3.05, 3.63) is 77.9 Å². The fourth-order valence-electron chi connectivity index (χ4n) is 4.67. The summed E-state index contributed by atoms with van der Waals surface area (Å²) in [6.45, 7) is 10.7. The predicted molar refractivity (Wildman–Crippen MR) is 153 cm³/mol. The van der Waals surface area contributed by atoms with E-state index in [9.17, 15) is 14.4 Å². The highest BCUT2D eigenvalue weighted by molar-refractivity contribution is 6.02. The molecule has 3 rings (SSSR count). The Kier molecular flexibility index (Phi) is 11.5. The quantitative estimate of drug-likeness (QED) is 0.117. The summed E-state index contributed by atoms with van der Waals surface area (Å²) in [5, 5.41) is 0. The second kappa shape index (κ2) is 15.1. The van der Waals surface area contributed by atoms with E-state index in [1.54, 1.807) is 36.4 Å². The van der Waals surface area contributed by atoms with Gasteiger partial charge in [-0.2, -0.15) is 0 Å². The van der Waals surface area contributed by atoms with Gasteiger partial charge in [0.15, 0.2) is 5.78 Å². The first-order valence-electron chi connectivity index (χ1n) is 13.9. The fourth-order valence-corrected chi connectivity index (χ4v) is 4.67. The lowest BCUT2D eigenvalue weighted by Gasteiger charge is -2.30. The van der Waals surface area contributed by atoms with Gasteiger partial charge in [0.2, 0.25) is 0 Å². The average molecular weight is 533 g/mol. The maximum Gasteiger partial charge on any atom is 0.343 e. The van der Waals surface area contributed by atoms with E-state index < -0.39 is 5.97 Å². The van der Waals surface area contributed by atoms with Gasteiger partial charge in [-0.3, -0.25) is 4.79 Å². The number of ketones is 1. The minimum absolute atomic E-state index is 0.0940. The van der Waals surface area contributed by atoms with Gasteiger partial charge >= 0.3 is 11.9 Å². The van der Waals surface area contributed by atoms with Crippen LogP contribution in [0, 0.1) is 17.8 Å². The van der Waals surface area contributed by atoms with Gasteiger partial charge in [-0.15, -0.1) is 0 Å². The Balaban J connectivity index is 1.44. The summed E-state index contributed by atoms with van der Waals surface area (Å²) >= 11 is 0. The molecule has 1 aliphatic rings. The van der Waals surface area contributed by atoms with Crippen LogP contribution >= 0.6 is 0 Å². The van der Waals surface area contributed by atoms with Gasteiger partial charge in [0, 0.05) is 12.0 Å². The van der Waals surface area contributed by atoms with Crippen molar-refractivity contribution >= 4 is 23.8 Å². The molecule has 0 aromatic heterocycles. The Bertz CT molecular complexity index is 1140. The van der Waals surface area contributed by atoms with E-state index >= 15 is 0 Å². The largest absolute Gasteiger partial charge is 0.494 e. The molecule has 0 amide bonds. The number of carbonyl (C=O) groups is 3. The van der Waals surface area contributed by atoms with Gasteiger partial charge in [0.1, 0.15) is 11.5 Å². The normalized spacial score (nSPS) is 18.2. The third-order valence-electron chi connectivity index (χ3n) is 7.09. The molecule has 2 atom stereocenters. The minimum Gasteiger partial charge on any atom is -0.494 e. The van der Waals surface area contributed by atoms with Gasteiger partial charge in [-0.25, -0.2) is 9.59 Å². The molecule has 208 valence electrons. The Hall–Kier alpha value is -3.67. The van der Waals surface area contributed by atoms with Crippen molar-refractivity contribution in [1.82, 2.24) is 0 Å². The lowest BCUT2D eigenvalue weighted by Crippen LogP contribution is -2.30. The van der Waals surface area contributed by atoms with Crippen LogP contribution in [0.25, 0.3) is 6.08 Å². The van der Waals surface area contributed by atoms with E-state index in [-0.39, 0.29) is 23.6 Å². The summed E-state index contributed by atoms with van der Waals surface area (Å²) in [6.07, 6.45) is 8.75. The number of Topliss-reactive ketones (excluding diaryl/α,β-unsaturated/α-hetero) is 1. The first-order chi connectivity index (χ1) is 18.8. The van der Waals surface area contributed by atoms with Crippen LogP contribution in [0.15, 0.2) is 66.8 Å². The maximum atomic E-state index is 13.0. The number of hydrogen-bond acceptors (Lipinski definition) is 6. The van der Waals surface area contributed by atoms with Crippen molar-refractivity contribution in [3.63, 3.8) is 0 Å². The van der Waals surface area contributed by atoms with E-state index in [1.807, 2.05) is 18.2 Å². The standard InChI is InChI=1S/C33H40O6/c1-5-31(34)38-21-9-7-6-8-20-37-27-17-13-26(14-18-27)33(36)39-28-15-11-25(12-16-28)22-30-24(4)10-19-29(23(2)3)32(30)35/h5,11-18,22-24,29H,1,6-10,19-21H2,2-4H3/t24-,29+/m1/s1. The number of ether oxygens (including phenoxy) is 3. The van der Waals surface area contributed by atoms with Crippen LogP contribution in [0.4, 0.5) is 0 Å². The topological polar surface area (TPSA) is 78.9 Å². The smallest absolute Gasteiger partial charge is 0.343 e. The molecule has 0 spiro atoms. The minimum atomic E-state index is -0.444. The van der Waals surface area contributed by atoms with Crippen LogP contribution in [0.5, 0.6) is 11.5 Å². The molecule has 6 nitrogen and oxygen atoms in total. The maximum absolute atomic E-state index is 13.0. The molecule has 39 heavy (non-hydrogen) atoms. The summed E-state index contributed by atoms with van der Waals surface area (Å²) in [5.74, 6) is 1.25. The lowest BCUT2D eigenvalue weighted by atomic mass is 9.73. The molecule has 0 N–H and O–H groups in total. The SMILES string of the molecule is C=CC(=O)OCCCCCCOc1ccc(C(=O)Oc2ccc(C=C3C(=O)[C@H](C(C)C)CC[C@H]3C)cc2)cc1. The molecule has 6 heteroatoms. The zero-order valence-corrected chi connectivity index (χ0v) is 23.3. The monoisotopic (exact) mass is 532 g/mol. The number of allylic oxidation sites excluding steroid dienone is 1. The predicted octanol–water partition coefficient (Wildman–Crippen LogP) is 7.23. The lowest BCUT2D eigenvalue weighted by molar-refractivity contribution is -0.137. The average Bonchev–Trinajstić information content (AvgIpc) is 2.93. The van der Waals surface area contributed by atoms with E-state index in [0.29, 0.717) is 36.2 Å². The molecule has 0 heterocycles. The molecule has 2 aromatic rings. The number of benzene rings is 2. The van der Waals surface area contributed by atoms with E-state index in [2.05, 4.69) is 27.4 Å². The third kappa shape index (κ3) is 9.24. The summed E-state index contributed by atoms with van der Waals surface area (Å²) in [4.78, 5) is 36.5. The second-order valence-corrected chi connectivity index (χ2v) is 10.4. The van der Waals surface area contributed by atoms with Crippen LogP contribution < -0.4 is 9.47 Å². The first-order valence-corrected chi connectivity index (χ1v) is 13.9. The molecular weight excluding hydrogens is 492 g/mol. The van der Waals surface area contributed by atoms with Crippen molar-refractivity contribution < 1.29 is 28.6 Å². The first kappa shape index (κ1) is 29.9. The number of esters is 2. The molecule has 0 saturated heterocycles. The highest BCUT2D eigenvalue weighted by Gasteiger charge is 2.32. The van der Waals surface area contributed by atoms with Crippen molar-refractivity contribution in [3.8, 4) is 11.5 Å². The molecule has 2 aromatic carbocycles. The Morgan fingerprint density at radius 2 is 1.56 bits per heavy atom. The zero-order chi connectivity index (χ0) is 28.2. The van der Waals surface area contributed by atoms with Crippen molar-refractivity contribution in [2.24, 2.45) is 17.8 Å². The van der Waals surface area contributed by atoms with Gasteiger partial charge < -0.3 is 14.2 Å². The summed E-state index contributed by atoms with van der Waals surface area (Å²) < 4.78 is 16.2. The fraction of sp³-hybridized carbons (Fsp3) is 0.424. The van der Waals surface area contributed by atoms with Crippen LogP contribution in [-0.2, 0) is 14.3 Å². The Labute approximate surface area is 232 Å². The molecule has 0 radical (unpaired) electrons. The van der Waals surface area contributed by atoms with E-state index in [0.717, 1.165) is 49.7 Å². The molecule has 1 fully saturated rings. The summed E-state index contributed by atoms with van der Waals surface area (Å²) in [7, 11) is 0. The van der Waals surface area contributed by atoms with Crippen molar-refractivity contribution in [1.29, 1.82) is 0 Å². The van der Waals surface area contributed by atoms with Gasteiger partial charge in [0.05, 0.1) is 18.8 Å². The molecule has 0 bridgehead atoms. The number of carbonyl (C=O) groups excluding carboxylic acids is 3. The van der Waals surface area contributed by atoms with Gasteiger partial charge in [-0.1, -0.05) is 39.5 Å². The highest BCUT2D eigenvalue weighted by Crippen LogP contribution is 2.35. The Morgan fingerprint density at radius 1 is 0.923 bits per heavy atom. The number of unbranched alkanes of at least 4 members (excludes halogenated alkanes) is 3. The molecular formula is C33H40O6. The summed E-state index contributed by atoms with van der Waals surface area (Å²) in [6, 6.07) is 14.1. The highest BCUT2D eigenvalue weighted by atomic mass is 16.5. The van der Waals surface area contributed by atoms with Crippen LogP contribution in [0.3, 0.4) is 0 Å². The molecule has 1 aliphatic carbocycles. The van der Waals surface area contributed by atoms with Crippen LogP contribution in [0.1, 0.15) is 75.2 Å². The van der Waals surface area contributed by atoms with Crippen molar-refractivity contribution in [2.45, 2.75) is 59.3 Å². The van der Waals surface area contributed by atoms with Gasteiger partial charge in [-0.05, 0) is 104 Å². The van der Waals surface area contributed by atoms with Crippen LogP contribution in [-0.4, -0.2) is 30.9 Å². The van der Waals surface area contributed by atoms with Crippen molar-refractivity contribution in [2.75, 3.05) is 13.2 Å². The third-order valence-corrected chi connectivity index (χ3v) is 7.09. The number of hydrogen-bond donors (Lipinski definition) is 0. The Morgan fingerprint density at radius 3 is 2.21 bits per heavy atom. The molecule has 0 aliphatic heterocycles. The molecule has 1 saturated carbocycles. The van der Waals surface area contributed by atoms with Crippen LogP contribution in [0.2, 0.25) is 0 Å². The number of rotatable bonds is 13. The van der Waals surface area contributed by atoms with E-state index in [1.165, 1.54) is 6.08 Å². The zero-order valence-electron chi connectivity index (χ0n) is 23.3. The molecule has 0 unspecified atom stereocenters. The van der Waals surface area contributed by atoms with E-state index in [4.69, 9.17) is 14.2 Å². The van der Waals surface area contributed by atoms with Gasteiger partial charge in [0.25, 0.3) is 0 Å². The second-order valence-electron chi connectivity index (χ2n) is 10.4.